The van der Waals surface area contributed by atoms with Crippen molar-refractivity contribution in [1.29, 1.82) is 0 Å². The summed E-state index contributed by atoms with van der Waals surface area (Å²) in [6.45, 7) is 5.79. The number of imidazole rings is 1. The van der Waals surface area contributed by atoms with Gasteiger partial charge in [-0.2, -0.15) is 0 Å². The molecule has 0 radical (unpaired) electrons. The van der Waals surface area contributed by atoms with Crippen LogP contribution in [0, 0.1) is 12.3 Å². The van der Waals surface area contributed by atoms with Gasteiger partial charge in [0.25, 0.3) is 0 Å². The number of fused-ring (bicyclic) bond motifs is 1. The molecule has 9 heteroatoms. The van der Waals surface area contributed by atoms with Crippen LogP contribution in [0.3, 0.4) is 0 Å². The van der Waals surface area contributed by atoms with Crippen LogP contribution in [0.15, 0.2) is 34.6 Å². The van der Waals surface area contributed by atoms with E-state index >= 15 is 0 Å². The summed E-state index contributed by atoms with van der Waals surface area (Å²) in [5.41, 5.74) is 8.04. The van der Waals surface area contributed by atoms with Gasteiger partial charge in [0.2, 0.25) is 0 Å². The smallest absolute Gasteiger partial charge is 0.181 e. The first-order valence-electron chi connectivity index (χ1n) is 9.81. The summed E-state index contributed by atoms with van der Waals surface area (Å²) in [5, 5.41) is 1.45. The van der Waals surface area contributed by atoms with Crippen LogP contribution < -0.4 is 10.6 Å². The highest BCUT2D eigenvalue weighted by Crippen LogP contribution is 2.41. The number of nitrogens with zero attached hydrogens (tertiary/aromatic N) is 5. The van der Waals surface area contributed by atoms with E-state index in [4.69, 9.17) is 27.1 Å². The minimum Gasteiger partial charge on any atom is -0.382 e. The molecule has 2 aliphatic rings. The van der Waals surface area contributed by atoms with Crippen LogP contribution in [0.25, 0.3) is 5.65 Å². The molecule has 1 spiro atoms. The molecule has 0 aliphatic carbocycles. The Labute approximate surface area is 178 Å². The van der Waals surface area contributed by atoms with E-state index in [0.717, 1.165) is 66.2 Å². The van der Waals surface area contributed by atoms with Crippen LogP contribution in [0.1, 0.15) is 25.0 Å². The number of pyridine rings is 1. The van der Waals surface area contributed by atoms with Crippen molar-refractivity contribution in [3.63, 3.8) is 0 Å². The van der Waals surface area contributed by atoms with Crippen LogP contribution in [0.4, 0.5) is 11.6 Å². The van der Waals surface area contributed by atoms with Crippen molar-refractivity contribution in [3.8, 4) is 0 Å². The molecule has 0 bridgehead atoms. The highest BCUT2D eigenvalue weighted by atomic mass is 35.5. The zero-order valence-electron chi connectivity index (χ0n) is 16.3. The summed E-state index contributed by atoms with van der Waals surface area (Å²) < 4.78 is 7.76. The summed E-state index contributed by atoms with van der Waals surface area (Å²) in [4.78, 5) is 16.8. The Bertz CT molecular complexity index is 1050. The van der Waals surface area contributed by atoms with Crippen molar-refractivity contribution in [2.24, 2.45) is 5.41 Å². The molecule has 0 amide bonds. The van der Waals surface area contributed by atoms with Crippen LogP contribution in [-0.4, -0.2) is 45.7 Å². The lowest BCUT2D eigenvalue weighted by Crippen LogP contribution is -2.41. The van der Waals surface area contributed by atoms with Gasteiger partial charge in [-0.15, -0.1) is 0 Å². The minimum absolute atomic E-state index is 0.332. The molecule has 2 fully saturated rings. The van der Waals surface area contributed by atoms with E-state index in [1.54, 1.807) is 6.20 Å². The monoisotopic (exact) mass is 430 g/mol. The zero-order valence-corrected chi connectivity index (χ0v) is 17.8. The third-order valence-corrected chi connectivity index (χ3v) is 7.79. The number of nitrogen functional groups attached to an aromatic ring is 1. The number of rotatable bonds is 3. The Balaban J connectivity index is 1.48. The molecular formula is C20H23ClN6OS. The van der Waals surface area contributed by atoms with Crippen molar-refractivity contribution in [2.75, 3.05) is 36.9 Å². The van der Waals surface area contributed by atoms with E-state index in [9.17, 15) is 0 Å². The zero-order chi connectivity index (χ0) is 20.0. The topological polar surface area (TPSA) is 81.6 Å². The lowest BCUT2D eigenvalue weighted by atomic mass is 9.78. The van der Waals surface area contributed by atoms with Crippen LogP contribution in [0.5, 0.6) is 0 Å². The number of nitrogens with two attached hydrogens (primary N) is 1. The SMILES string of the molecule is Cc1nc(N2CCC3(CCOC3)CC2)c2nccn2c1Sc1ccnc(N)c1Cl. The second kappa shape index (κ2) is 7.34. The normalized spacial score (nSPS) is 18.8. The number of aromatic nitrogens is 4. The van der Waals surface area contributed by atoms with Crippen LogP contribution in [-0.2, 0) is 4.74 Å². The fourth-order valence-corrected chi connectivity index (χ4v) is 5.46. The standard InChI is InChI=1S/C20H23ClN6OS/c1-13-19(29-14-2-6-23-16(22)15(14)21)27-10-7-24-17(27)18(25-13)26-8-3-20(4-9-26)5-11-28-12-20/h2,6-7,10H,3-5,8-9,11-12H2,1H3,(H2,22,23). The first-order chi connectivity index (χ1) is 14.1. The molecule has 0 aromatic carbocycles. The quantitative estimate of drug-likeness (QED) is 0.676. The van der Waals surface area contributed by atoms with Crippen molar-refractivity contribution in [1.82, 2.24) is 19.4 Å². The molecule has 3 aromatic rings. The van der Waals surface area contributed by atoms with E-state index in [1.807, 2.05) is 25.4 Å². The maximum Gasteiger partial charge on any atom is 0.181 e. The van der Waals surface area contributed by atoms with Crippen molar-refractivity contribution >= 4 is 40.6 Å². The Kier molecular flexibility index (Phi) is 4.80. The molecule has 5 heterocycles. The Morgan fingerprint density at radius 1 is 1.21 bits per heavy atom. The first-order valence-corrected chi connectivity index (χ1v) is 11.0. The van der Waals surface area contributed by atoms with E-state index in [1.165, 1.54) is 18.2 Å². The third-order valence-electron chi connectivity index (χ3n) is 6.04. The Hall–Kier alpha value is -2.03. The number of piperidine rings is 1. The Morgan fingerprint density at radius 2 is 2.03 bits per heavy atom. The highest BCUT2D eigenvalue weighted by Gasteiger charge is 2.38. The van der Waals surface area contributed by atoms with E-state index in [2.05, 4.69) is 19.3 Å². The minimum atomic E-state index is 0.332. The fraction of sp³-hybridized carbons (Fsp3) is 0.450. The largest absolute Gasteiger partial charge is 0.382 e. The highest BCUT2D eigenvalue weighted by molar-refractivity contribution is 7.99. The van der Waals surface area contributed by atoms with E-state index in [-0.39, 0.29) is 0 Å². The average Bonchev–Trinajstić information content (AvgIpc) is 3.38. The molecular weight excluding hydrogens is 408 g/mol. The first kappa shape index (κ1) is 19.0. The second-order valence-corrected chi connectivity index (χ2v) is 9.26. The van der Waals surface area contributed by atoms with Gasteiger partial charge in [-0.1, -0.05) is 23.4 Å². The van der Waals surface area contributed by atoms with Gasteiger partial charge in [-0.3, -0.25) is 4.40 Å². The summed E-state index contributed by atoms with van der Waals surface area (Å²) in [5.74, 6) is 1.28. The van der Waals surface area contributed by atoms with Gasteiger partial charge >= 0.3 is 0 Å². The summed E-state index contributed by atoms with van der Waals surface area (Å²) in [6.07, 6.45) is 8.93. The molecule has 5 rings (SSSR count). The molecule has 7 nitrogen and oxygen atoms in total. The van der Waals surface area contributed by atoms with Gasteiger partial charge in [0.1, 0.15) is 10.8 Å². The van der Waals surface area contributed by atoms with Gasteiger partial charge in [-0.05, 0) is 37.7 Å². The molecule has 29 heavy (non-hydrogen) atoms. The van der Waals surface area contributed by atoms with Crippen molar-refractivity contribution < 1.29 is 4.74 Å². The number of hydrogen-bond acceptors (Lipinski definition) is 7. The van der Waals surface area contributed by atoms with Crippen LogP contribution >= 0.6 is 23.4 Å². The maximum absolute atomic E-state index is 6.36. The number of anilines is 2. The van der Waals surface area contributed by atoms with Crippen molar-refractivity contribution in [2.45, 2.75) is 36.1 Å². The molecule has 0 atom stereocenters. The average molecular weight is 431 g/mol. The summed E-state index contributed by atoms with van der Waals surface area (Å²) >= 11 is 7.89. The predicted molar refractivity (Wildman–Crippen MR) is 115 cm³/mol. The maximum atomic E-state index is 6.36. The van der Waals surface area contributed by atoms with Gasteiger partial charge in [0, 0.05) is 43.2 Å². The number of aryl methyl sites for hydroxylation is 1. The van der Waals surface area contributed by atoms with Crippen LogP contribution in [0.2, 0.25) is 5.02 Å². The van der Waals surface area contributed by atoms with E-state index in [0.29, 0.717) is 16.3 Å². The van der Waals surface area contributed by atoms with Gasteiger partial charge in [0.15, 0.2) is 11.5 Å². The van der Waals surface area contributed by atoms with Gasteiger partial charge in [0.05, 0.1) is 17.3 Å². The van der Waals surface area contributed by atoms with Gasteiger partial charge < -0.3 is 15.4 Å². The lowest BCUT2D eigenvalue weighted by Gasteiger charge is -2.39. The third kappa shape index (κ3) is 3.33. The fourth-order valence-electron chi connectivity index (χ4n) is 4.26. The molecule has 152 valence electrons. The lowest BCUT2D eigenvalue weighted by molar-refractivity contribution is 0.133. The number of ether oxygens (including phenoxy) is 1. The number of halogens is 1. The van der Waals surface area contributed by atoms with Crippen molar-refractivity contribution in [3.05, 3.63) is 35.4 Å². The second-order valence-electron chi connectivity index (χ2n) is 7.85. The van der Waals surface area contributed by atoms with Gasteiger partial charge in [-0.25, -0.2) is 15.0 Å². The summed E-state index contributed by atoms with van der Waals surface area (Å²) in [6, 6.07) is 1.87. The molecule has 3 aromatic heterocycles. The Morgan fingerprint density at radius 3 is 2.79 bits per heavy atom. The molecule has 2 aliphatic heterocycles. The molecule has 0 unspecified atom stereocenters. The molecule has 2 N–H and O–H groups in total. The number of hydrogen-bond donors (Lipinski definition) is 1. The molecule has 0 saturated carbocycles. The molecule has 2 saturated heterocycles. The summed E-state index contributed by atoms with van der Waals surface area (Å²) in [7, 11) is 0. The van der Waals surface area contributed by atoms with E-state index < -0.39 is 0 Å². The predicted octanol–water partition coefficient (Wildman–Crippen LogP) is 3.83.